The number of carbonyl (C=O) groups excluding carboxylic acids is 2. The number of aliphatic hydroxyl groups is 1. The van der Waals surface area contributed by atoms with Gasteiger partial charge in [-0.05, 0) is 0 Å². The Morgan fingerprint density at radius 1 is 1.50 bits per heavy atom. The Balaban J connectivity index is 2.83. The van der Waals surface area contributed by atoms with E-state index in [9.17, 15) is 9.59 Å². The lowest BCUT2D eigenvalue weighted by Gasteiger charge is -2.07. The van der Waals surface area contributed by atoms with E-state index in [1.165, 1.54) is 0 Å². The highest BCUT2D eigenvalue weighted by Gasteiger charge is 2.18. The molecular formula is C7H6O5. The van der Waals surface area contributed by atoms with Crippen LogP contribution in [0.2, 0.25) is 0 Å². The van der Waals surface area contributed by atoms with E-state index in [1.807, 2.05) is 0 Å². The molecule has 1 aliphatic heterocycles. The summed E-state index contributed by atoms with van der Waals surface area (Å²) in [7, 11) is 0. The molecule has 12 heavy (non-hydrogen) atoms. The summed E-state index contributed by atoms with van der Waals surface area (Å²) in [5, 5.41) is 8.72. The number of hydrogen-bond acceptors (Lipinski definition) is 5. The topological polar surface area (TPSA) is 72.8 Å². The van der Waals surface area contributed by atoms with Crippen LogP contribution >= 0.6 is 0 Å². The summed E-state index contributed by atoms with van der Waals surface area (Å²) in [5.74, 6) is -2.25. The molecule has 1 aliphatic rings. The van der Waals surface area contributed by atoms with Gasteiger partial charge in [-0.1, -0.05) is 6.58 Å². The third-order valence-electron chi connectivity index (χ3n) is 1.13. The van der Waals surface area contributed by atoms with Crippen molar-refractivity contribution in [1.82, 2.24) is 0 Å². The van der Waals surface area contributed by atoms with Crippen molar-refractivity contribution in [3.05, 3.63) is 24.4 Å². The van der Waals surface area contributed by atoms with Crippen LogP contribution in [0.4, 0.5) is 0 Å². The summed E-state index contributed by atoms with van der Waals surface area (Å²) in [4.78, 5) is 21.5. The zero-order chi connectivity index (χ0) is 9.14. The van der Waals surface area contributed by atoms with Crippen LogP contribution in [-0.4, -0.2) is 17.0 Å². The van der Waals surface area contributed by atoms with Crippen LogP contribution in [0.15, 0.2) is 24.4 Å². The number of hydrogen-bond donors (Lipinski definition) is 1. The Morgan fingerprint density at radius 2 is 2.17 bits per heavy atom. The van der Waals surface area contributed by atoms with Gasteiger partial charge in [0.1, 0.15) is 0 Å². The summed E-state index contributed by atoms with van der Waals surface area (Å²) in [6.07, 6.45) is 0.426. The molecule has 0 amide bonds. The molecule has 64 valence electrons. The second-order valence-corrected chi connectivity index (χ2v) is 2.12. The molecule has 0 unspecified atom stereocenters. The van der Waals surface area contributed by atoms with Crippen molar-refractivity contribution in [2.75, 3.05) is 0 Å². The Morgan fingerprint density at radius 3 is 2.83 bits per heavy atom. The van der Waals surface area contributed by atoms with Crippen LogP contribution in [0, 0.1) is 0 Å². The molecule has 0 fully saturated rings. The summed E-state index contributed by atoms with van der Waals surface area (Å²) >= 11 is 0. The third-order valence-corrected chi connectivity index (χ3v) is 1.13. The fourth-order valence-electron chi connectivity index (χ4n) is 0.595. The van der Waals surface area contributed by atoms with Crippen molar-refractivity contribution in [3.8, 4) is 0 Å². The van der Waals surface area contributed by atoms with Gasteiger partial charge in [0.2, 0.25) is 0 Å². The Labute approximate surface area is 67.9 Å². The second-order valence-electron chi connectivity index (χ2n) is 2.12. The molecule has 0 atom stereocenters. The van der Waals surface area contributed by atoms with Crippen LogP contribution < -0.4 is 0 Å². The van der Waals surface area contributed by atoms with Crippen molar-refractivity contribution in [2.24, 2.45) is 0 Å². The van der Waals surface area contributed by atoms with Gasteiger partial charge in [0.05, 0.1) is 6.42 Å². The van der Waals surface area contributed by atoms with Crippen molar-refractivity contribution < 1.29 is 24.2 Å². The molecule has 0 spiro atoms. The van der Waals surface area contributed by atoms with Crippen LogP contribution in [0.25, 0.3) is 0 Å². The van der Waals surface area contributed by atoms with Gasteiger partial charge in [-0.2, -0.15) is 0 Å². The third kappa shape index (κ3) is 1.85. The molecule has 0 bridgehead atoms. The van der Waals surface area contributed by atoms with Crippen molar-refractivity contribution in [2.45, 2.75) is 6.42 Å². The molecule has 1 rings (SSSR count). The monoisotopic (exact) mass is 170 g/mol. The van der Waals surface area contributed by atoms with Crippen LogP contribution in [0.3, 0.4) is 0 Å². The molecule has 0 aromatic rings. The normalized spacial score (nSPS) is 23.0. The van der Waals surface area contributed by atoms with E-state index in [1.54, 1.807) is 0 Å². The van der Waals surface area contributed by atoms with E-state index in [4.69, 9.17) is 5.11 Å². The Hall–Kier alpha value is -1.78. The summed E-state index contributed by atoms with van der Waals surface area (Å²) in [5.41, 5.74) is -0.0559. The molecule has 5 nitrogen and oxygen atoms in total. The van der Waals surface area contributed by atoms with Gasteiger partial charge in [0.25, 0.3) is 0 Å². The number of cyclic esters (lactones) is 2. The number of carbonyl (C=O) groups is 2. The van der Waals surface area contributed by atoms with Gasteiger partial charge in [0, 0.05) is 5.57 Å². The van der Waals surface area contributed by atoms with Crippen molar-refractivity contribution in [1.29, 1.82) is 0 Å². The molecular weight excluding hydrogens is 164 g/mol. The smallest absolute Gasteiger partial charge is 0.341 e. The molecule has 0 saturated carbocycles. The maximum atomic E-state index is 10.8. The van der Waals surface area contributed by atoms with Gasteiger partial charge < -0.3 is 14.6 Å². The lowest BCUT2D eigenvalue weighted by Crippen LogP contribution is -2.14. The zero-order valence-electron chi connectivity index (χ0n) is 6.07. The number of rotatable bonds is 0. The molecule has 0 aliphatic carbocycles. The number of aliphatic hydroxyl groups excluding tert-OH is 1. The fourth-order valence-corrected chi connectivity index (χ4v) is 0.595. The van der Waals surface area contributed by atoms with E-state index in [-0.39, 0.29) is 12.0 Å². The highest BCUT2D eigenvalue weighted by molar-refractivity contribution is 5.94. The predicted molar refractivity (Wildman–Crippen MR) is 36.7 cm³/mol. The highest BCUT2D eigenvalue weighted by Crippen LogP contribution is 2.09. The standard InChI is InChI=1S/C7H6O5/c1-4-2-5(8)11-3-6(9)12-7(4)10/h3,9H,1-2H2/b6-3-. The van der Waals surface area contributed by atoms with E-state index in [0.717, 1.165) is 0 Å². The van der Waals surface area contributed by atoms with Crippen LogP contribution in [-0.2, 0) is 19.1 Å². The lowest BCUT2D eigenvalue weighted by molar-refractivity contribution is -0.147. The van der Waals surface area contributed by atoms with Crippen molar-refractivity contribution in [3.63, 3.8) is 0 Å². The zero-order valence-corrected chi connectivity index (χ0v) is 6.07. The number of esters is 2. The quantitative estimate of drug-likeness (QED) is 0.420. The summed E-state index contributed by atoms with van der Waals surface area (Å²) in [6.45, 7) is 3.27. The average molecular weight is 170 g/mol. The van der Waals surface area contributed by atoms with Crippen LogP contribution in [0.5, 0.6) is 0 Å². The predicted octanol–water partition coefficient (Wildman–Crippen LogP) is 0.390. The molecule has 0 radical (unpaired) electrons. The maximum Gasteiger partial charge on any atom is 0.341 e. The first-order chi connectivity index (χ1) is 5.59. The largest absolute Gasteiger partial charge is 0.478 e. The van der Waals surface area contributed by atoms with E-state index in [2.05, 4.69) is 16.1 Å². The van der Waals surface area contributed by atoms with Gasteiger partial charge in [-0.25, -0.2) is 4.79 Å². The van der Waals surface area contributed by atoms with Gasteiger partial charge in [-0.15, -0.1) is 0 Å². The number of ether oxygens (including phenoxy) is 2. The summed E-state index contributed by atoms with van der Waals surface area (Å²) < 4.78 is 8.58. The first kappa shape index (κ1) is 8.32. The minimum atomic E-state index is -0.833. The molecule has 1 N–H and O–H groups in total. The Kier molecular flexibility index (Phi) is 2.14. The first-order valence-corrected chi connectivity index (χ1v) is 3.08. The average Bonchev–Trinajstić information content (AvgIpc) is 1.99. The van der Waals surface area contributed by atoms with Gasteiger partial charge in [-0.3, -0.25) is 4.79 Å². The fraction of sp³-hybridized carbons (Fsp3) is 0.143. The van der Waals surface area contributed by atoms with Gasteiger partial charge in [0.15, 0.2) is 6.26 Å². The van der Waals surface area contributed by atoms with Crippen LogP contribution in [0.1, 0.15) is 6.42 Å². The van der Waals surface area contributed by atoms with Gasteiger partial charge >= 0.3 is 17.9 Å². The highest BCUT2D eigenvalue weighted by atomic mass is 16.6. The van der Waals surface area contributed by atoms with E-state index in [0.29, 0.717) is 6.26 Å². The SMILES string of the molecule is C=C1CC(=O)O/C=C(/O)OC1=O. The minimum Gasteiger partial charge on any atom is -0.478 e. The van der Waals surface area contributed by atoms with E-state index < -0.39 is 17.9 Å². The minimum absolute atomic E-state index is 0.0559. The molecule has 0 aromatic heterocycles. The second kappa shape index (κ2) is 3.08. The van der Waals surface area contributed by atoms with E-state index >= 15 is 0 Å². The molecule has 1 heterocycles. The lowest BCUT2D eigenvalue weighted by atomic mass is 10.2. The molecule has 0 saturated heterocycles. The maximum absolute atomic E-state index is 10.8. The first-order valence-electron chi connectivity index (χ1n) is 3.08. The van der Waals surface area contributed by atoms with Crippen molar-refractivity contribution >= 4 is 11.9 Å². The summed E-state index contributed by atoms with van der Waals surface area (Å²) in [6, 6.07) is 0. The Bertz CT molecular complexity index is 276. The molecule has 0 aromatic carbocycles. The molecule has 5 heteroatoms.